The molecular formula is C15H12BrNO. The van der Waals surface area contributed by atoms with Crippen LogP contribution in [0, 0.1) is 11.3 Å². The summed E-state index contributed by atoms with van der Waals surface area (Å²) in [6.07, 6.45) is 0. The van der Waals surface area contributed by atoms with E-state index in [1.807, 2.05) is 42.5 Å². The van der Waals surface area contributed by atoms with Crippen LogP contribution in [0.4, 0.5) is 0 Å². The Morgan fingerprint density at radius 3 is 2.44 bits per heavy atom. The van der Waals surface area contributed by atoms with Gasteiger partial charge in [-0.05, 0) is 35.4 Å². The third kappa shape index (κ3) is 3.69. The van der Waals surface area contributed by atoms with Gasteiger partial charge >= 0.3 is 0 Å². The molecule has 2 aromatic rings. The van der Waals surface area contributed by atoms with Gasteiger partial charge < -0.3 is 4.74 Å². The van der Waals surface area contributed by atoms with Crippen LogP contribution >= 0.6 is 15.9 Å². The van der Waals surface area contributed by atoms with Gasteiger partial charge in [-0.2, -0.15) is 5.26 Å². The average molecular weight is 302 g/mol. The van der Waals surface area contributed by atoms with Crippen molar-refractivity contribution < 1.29 is 4.74 Å². The molecule has 0 saturated heterocycles. The third-order valence-corrected chi connectivity index (χ3v) is 3.04. The van der Waals surface area contributed by atoms with E-state index in [0.717, 1.165) is 15.6 Å². The number of hydrogen-bond donors (Lipinski definition) is 0. The fourth-order valence-electron chi connectivity index (χ4n) is 1.60. The van der Waals surface area contributed by atoms with Crippen molar-refractivity contribution in [2.75, 3.05) is 0 Å². The topological polar surface area (TPSA) is 33.0 Å². The molecule has 2 nitrogen and oxygen atoms in total. The van der Waals surface area contributed by atoms with Crippen molar-refractivity contribution in [2.45, 2.75) is 13.2 Å². The molecule has 0 aliphatic heterocycles. The smallest absolute Gasteiger partial charge is 0.0991 e. The van der Waals surface area contributed by atoms with E-state index in [2.05, 4.69) is 22.0 Å². The molecule has 0 bridgehead atoms. The Morgan fingerprint density at radius 1 is 1.00 bits per heavy atom. The predicted octanol–water partition coefficient (Wildman–Crippen LogP) is 4.04. The maximum absolute atomic E-state index is 8.80. The van der Waals surface area contributed by atoms with Crippen LogP contribution in [0.5, 0.6) is 0 Å². The number of nitrogens with zero attached hydrogens (tertiary/aromatic N) is 1. The van der Waals surface area contributed by atoms with Gasteiger partial charge in [0.25, 0.3) is 0 Å². The van der Waals surface area contributed by atoms with Crippen LogP contribution in [0.3, 0.4) is 0 Å². The average Bonchev–Trinajstić information content (AvgIpc) is 2.41. The van der Waals surface area contributed by atoms with E-state index < -0.39 is 0 Å². The molecule has 0 aromatic heterocycles. The Balaban J connectivity index is 1.88. The lowest BCUT2D eigenvalue weighted by Gasteiger charge is -2.05. The maximum atomic E-state index is 8.80. The van der Waals surface area contributed by atoms with Crippen LogP contribution in [0.2, 0.25) is 0 Å². The molecule has 0 fully saturated rings. The van der Waals surface area contributed by atoms with Crippen molar-refractivity contribution in [1.82, 2.24) is 0 Å². The Labute approximate surface area is 115 Å². The van der Waals surface area contributed by atoms with Crippen LogP contribution in [0.25, 0.3) is 0 Å². The van der Waals surface area contributed by atoms with Crippen molar-refractivity contribution >= 4 is 15.9 Å². The molecule has 0 amide bonds. The molecule has 0 aliphatic carbocycles. The predicted molar refractivity (Wildman–Crippen MR) is 73.8 cm³/mol. The second-order valence-corrected chi connectivity index (χ2v) is 4.85. The first kappa shape index (κ1) is 12.8. The first-order valence-electron chi connectivity index (χ1n) is 5.59. The first-order chi connectivity index (χ1) is 8.78. The molecule has 0 spiro atoms. The summed E-state index contributed by atoms with van der Waals surface area (Å²) in [5, 5.41) is 8.80. The number of ether oxygens (including phenoxy) is 1. The van der Waals surface area contributed by atoms with Crippen LogP contribution in [0.15, 0.2) is 53.0 Å². The van der Waals surface area contributed by atoms with E-state index in [0.29, 0.717) is 18.8 Å². The summed E-state index contributed by atoms with van der Waals surface area (Å²) in [6.45, 7) is 1.09. The zero-order valence-electron chi connectivity index (χ0n) is 9.77. The van der Waals surface area contributed by atoms with Gasteiger partial charge in [0.1, 0.15) is 0 Å². The fourth-order valence-corrected chi connectivity index (χ4v) is 1.86. The van der Waals surface area contributed by atoms with Gasteiger partial charge in [0.15, 0.2) is 0 Å². The second kappa shape index (κ2) is 6.34. The highest BCUT2D eigenvalue weighted by atomic mass is 79.9. The van der Waals surface area contributed by atoms with Crippen LogP contribution in [0.1, 0.15) is 16.7 Å². The first-order valence-corrected chi connectivity index (χ1v) is 6.38. The lowest BCUT2D eigenvalue weighted by Crippen LogP contribution is -1.94. The summed E-state index contributed by atoms with van der Waals surface area (Å²) in [4.78, 5) is 0. The number of benzene rings is 2. The number of hydrogen-bond acceptors (Lipinski definition) is 2. The van der Waals surface area contributed by atoms with E-state index in [1.165, 1.54) is 0 Å². The molecule has 0 saturated carbocycles. The van der Waals surface area contributed by atoms with Gasteiger partial charge in [-0.15, -0.1) is 0 Å². The highest BCUT2D eigenvalue weighted by molar-refractivity contribution is 9.10. The monoisotopic (exact) mass is 301 g/mol. The zero-order valence-corrected chi connectivity index (χ0v) is 11.4. The van der Waals surface area contributed by atoms with Gasteiger partial charge in [-0.25, -0.2) is 0 Å². The fraction of sp³-hybridized carbons (Fsp3) is 0.133. The lowest BCUT2D eigenvalue weighted by atomic mass is 10.1. The van der Waals surface area contributed by atoms with Crippen LogP contribution in [-0.4, -0.2) is 0 Å². The van der Waals surface area contributed by atoms with Crippen molar-refractivity contribution in [2.24, 2.45) is 0 Å². The molecule has 3 heteroatoms. The highest BCUT2D eigenvalue weighted by Gasteiger charge is 1.97. The van der Waals surface area contributed by atoms with Gasteiger partial charge in [0.2, 0.25) is 0 Å². The molecule has 0 radical (unpaired) electrons. The molecule has 0 aliphatic rings. The van der Waals surface area contributed by atoms with Gasteiger partial charge in [0, 0.05) is 4.47 Å². The number of rotatable bonds is 4. The quantitative estimate of drug-likeness (QED) is 0.854. The normalized spacial score (nSPS) is 10.0. The number of halogens is 1. The van der Waals surface area contributed by atoms with E-state index in [9.17, 15) is 0 Å². The minimum absolute atomic E-state index is 0.519. The minimum atomic E-state index is 0.519. The highest BCUT2D eigenvalue weighted by Crippen LogP contribution is 2.12. The molecule has 0 atom stereocenters. The van der Waals surface area contributed by atoms with Crippen molar-refractivity contribution in [1.29, 1.82) is 5.26 Å². The molecule has 18 heavy (non-hydrogen) atoms. The summed E-state index contributed by atoms with van der Waals surface area (Å²) in [5.74, 6) is 0. The molecule has 0 unspecified atom stereocenters. The van der Waals surface area contributed by atoms with E-state index >= 15 is 0 Å². The summed E-state index contributed by atoms with van der Waals surface area (Å²) in [6, 6.07) is 17.6. The summed E-state index contributed by atoms with van der Waals surface area (Å²) >= 11 is 3.39. The molecule has 2 rings (SSSR count). The Bertz CT molecular complexity index is 557. The Morgan fingerprint density at radius 2 is 1.72 bits per heavy atom. The maximum Gasteiger partial charge on any atom is 0.0991 e. The molecular weight excluding hydrogens is 290 g/mol. The Kier molecular flexibility index (Phi) is 4.52. The van der Waals surface area contributed by atoms with E-state index in [-0.39, 0.29) is 0 Å². The molecule has 0 heterocycles. The van der Waals surface area contributed by atoms with Crippen LogP contribution < -0.4 is 0 Å². The second-order valence-electron chi connectivity index (χ2n) is 3.93. The summed E-state index contributed by atoms with van der Waals surface area (Å²) < 4.78 is 6.68. The summed E-state index contributed by atoms with van der Waals surface area (Å²) in [7, 11) is 0. The summed E-state index contributed by atoms with van der Waals surface area (Å²) in [5.41, 5.74) is 2.82. The largest absolute Gasteiger partial charge is 0.372 e. The molecule has 0 N–H and O–H groups in total. The van der Waals surface area contributed by atoms with Gasteiger partial charge in [-0.1, -0.05) is 40.2 Å². The molecule has 90 valence electrons. The lowest BCUT2D eigenvalue weighted by molar-refractivity contribution is 0.107. The third-order valence-electron chi connectivity index (χ3n) is 2.51. The van der Waals surface area contributed by atoms with Crippen molar-refractivity contribution in [3.63, 3.8) is 0 Å². The molecule has 2 aromatic carbocycles. The minimum Gasteiger partial charge on any atom is -0.372 e. The SMILES string of the molecule is N#Cc1cccc(COCc2ccc(Br)cc2)c1. The van der Waals surface area contributed by atoms with E-state index in [4.69, 9.17) is 10.00 Å². The Hall–Kier alpha value is -1.63. The van der Waals surface area contributed by atoms with Crippen molar-refractivity contribution in [3.8, 4) is 6.07 Å². The van der Waals surface area contributed by atoms with Gasteiger partial charge in [-0.3, -0.25) is 0 Å². The van der Waals surface area contributed by atoms with E-state index in [1.54, 1.807) is 6.07 Å². The van der Waals surface area contributed by atoms with Crippen molar-refractivity contribution in [3.05, 3.63) is 69.7 Å². The van der Waals surface area contributed by atoms with Crippen LogP contribution in [-0.2, 0) is 18.0 Å². The zero-order chi connectivity index (χ0) is 12.8. The van der Waals surface area contributed by atoms with Gasteiger partial charge in [0.05, 0.1) is 24.8 Å². The number of nitriles is 1. The standard InChI is InChI=1S/C15H12BrNO/c16-15-6-4-12(5-7-15)10-18-11-14-3-1-2-13(8-14)9-17/h1-8H,10-11H2.